The fourth-order valence-corrected chi connectivity index (χ4v) is 3.70. The normalized spacial score (nSPS) is 25.4. The Morgan fingerprint density at radius 3 is 2.07 bits per heavy atom. The third kappa shape index (κ3) is 4.55. The van der Waals surface area contributed by atoms with Crippen LogP contribution in [0.25, 0.3) is 0 Å². The van der Waals surface area contributed by atoms with Gasteiger partial charge in [-0.1, -0.05) is 34.6 Å². The van der Waals surface area contributed by atoms with Gasteiger partial charge in [0.2, 0.25) is 0 Å². The van der Waals surface area contributed by atoms with Crippen LogP contribution in [0.3, 0.4) is 0 Å². The highest BCUT2D eigenvalue weighted by Crippen LogP contribution is 2.47. The van der Waals surface area contributed by atoms with Crippen molar-refractivity contribution in [1.82, 2.24) is 5.32 Å². The molecule has 0 spiro atoms. The first-order valence-electron chi connectivity index (χ1n) is 6.55. The van der Waals surface area contributed by atoms with Crippen LogP contribution >= 0.6 is 0 Å². The molecule has 1 fully saturated rings. The molecule has 1 nitrogen and oxygen atoms in total. The van der Waals surface area contributed by atoms with Crippen molar-refractivity contribution in [3.05, 3.63) is 0 Å². The predicted octanol–water partition coefficient (Wildman–Crippen LogP) is 3.84. The van der Waals surface area contributed by atoms with Gasteiger partial charge in [0.1, 0.15) is 0 Å². The molecule has 0 atom stereocenters. The Kier molecular flexibility index (Phi) is 4.22. The van der Waals surface area contributed by atoms with Crippen LogP contribution in [0.5, 0.6) is 0 Å². The summed E-state index contributed by atoms with van der Waals surface area (Å²) in [5.41, 5.74) is 1.08. The van der Waals surface area contributed by atoms with Crippen molar-refractivity contribution in [1.29, 1.82) is 0 Å². The summed E-state index contributed by atoms with van der Waals surface area (Å²) in [6, 6.07) is 0. The average molecular weight is 211 g/mol. The molecule has 1 aliphatic carbocycles. The highest BCUT2D eigenvalue weighted by molar-refractivity contribution is 4.89. The largest absolute Gasteiger partial charge is 0.316 e. The zero-order valence-corrected chi connectivity index (χ0v) is 11.3. The molecule has 0 aliphatic heterocycles. The quantitative estimate of drug-likeness (QED) is 0.697. The van der Waals surface area contributed by atoms with Gasteiger partial charge in [0.05, 0.1) is 0 Å². The molecule has 1 heteroatoms. The van der Waals surface area contributed by atoms with E-state index in [0.29, 0.717) is 10.8 Å². The Bertz CT molecular complexity index is 178. The van der Waals surface area contributed by atoms with Crippen LogP contribution < -0.4 is 5.32 Å². The Morgan fingerprint density at radius 2 is 1.60 bits per heavy atom. The Hall–Kier alpha value is -0.0400. The van der Waals surface area contributed by atoms with Crippen molar-refractivity contribution in [2.45, 2.75) is 60.3 Å². The first-order chi connectivity index (χ1) is 6.85. The van der Waals surface area contributed by atoms with Crippen LogP contribution in [0, 0.1) is 16.7 Å². The van der Waals surface area contributed by atoms with E-state index in [1.54, 1.807) is 0 Å². The van der Waals surface area contributed by atoms with Crippen molar-refractivity contribution in [2.24, 2.45) is 16.7 Å². The molecule has 1 rings (SSSR count). The molecule has 0 aromatic carbocycles. The third-order valence-corrected chi connectivity index (χ3v) is 3.50. The monoisotopic (exact) mass is 211 g/mol. The Morgan fingerprint density at radius 1 is 1.07 bits per heavy atom. The van der Waals surface area contributed by atoms with Gasteiger partial charge in [-0.25, -0.2) is 0 Å². The predicted molar refractivity (Wildman–Crippen MR) is 68.1 cm³/mol. The van der Waals surface area contributed by atoms with Crippen LogP contribution in [-0.4, -0.2) is 13.1 Å². The maximum Gasteiger partial charge on any atom is -0.00201 e. The van der Waals surface area contributed by atoms with Crippen LogP contribution in [0.4, 0.5) is 0 Å². The van der Waals surface area contributed by atoms with E-state index in [4.69, 9.17) is 0 Å². The van der Waals surface area contributed by atoms with Gasteiger partial charge >= 0.3 is 0 Å². The van der Waals surface area contributed by atoms with Gasteiger partial charge in [0.15, 0.2) is 0 Å². The van der Waals surface area contributed by atoms with Gasteiger partial charge in [-0.3, -0.25) is 0 Å². The molecular formula is C14H29N. The van der Waals surface area contributed by atoms with Crippen molar-refractivity contribution < 1.29 is 0 Å². The fraction of sp³-hybridized carbons (Fsp3) is 1.00. The number of hydrogen-bond donors (Lipinski definition) is 1. The van der Waals surface area contributed by atoms with Crippen LogP contribution in [0.15, 0.2) is 0 Å². The molecule has 0 radical (unpaired) electrons. The highest BCUT2D eigenvalue weighted by Gasteiger charge is 2.37. The topological polar surface area (TPSA) is 12.0 Å². The first-order valence-corrected chi connectivity index (χ1v) is 6.55. The van der Waals surface area contributed by atoms with Gasteiger partial charge in [-0.2, -0.15) is 0 Å². The molecule has 1 aliphatic rings. The molecule has 0 unspecified atom stereocenters. The van der Waals surface area contributed by atoms with E-state index in [1.165, 1.54) is 38.8 Å². The second-order valence-corrected chi connectivity index (χ2v) is 6.98. The van der Waals surface area contributed by atoms with Crippen LogP contribution in [0.1, 0.15) is 60.3 Å². The summed E-state index contributed by atoms with van der Waals surface area (Å²) in [5, 5.41) is 3.58. The number of hydrogen-bond acceptors (Lipinski definition) is 1. The van der Waals surface area contributed by atoms with E-state index in [0.717, 1.165) is 5.92 Å². The lowest BCUT2D eigenvalue weighted by Gasteiger charge is -2.45. The second kappa shape index (κ2) is 4.86. The minimum atomic E-state index is 0.542. The molecule has 0 bridgehead atoms. The van der Waals surface area contributed by atoms with E-state index in [9.17, 15) is 0 Å². The van der Waals surface area contributed by atoms with Gasteiger partial charge in [-0.05, 0) is 55.5 Å². The fourth-order valence-electron chi connectivity index (χ4n) is 3.70. The Balaban J connectivity index is 2.44. The first kappa shape index (κ1) is 13.0. The summed E-state index contributed by atoms with van der Waals surface area (Å²) in [7, 11) is 0. The molecule has 1 saturated carbocycles. The number of nitrogens with one attached hydrogen (secondary N) is 1. The minimum absolute atomic E-state index is 0.542. The molecular weight excluding hydrogens is 182 g/mol. The van der Waals surface area contributed by atoms with Gasteiger partial charge < -0.3 is 5.32 Å². The smallest absolute Gasteiger partial charge is 0.00201 e. The number of rotatable bonds is 4. The van der Waals surface area contributed by atoms with E-state index >= 15 is 0 Å². The van der Waals surface area contributed by atoms with Crippen molar-refractivity contribution in [2.75, 3.05) is 13.1 Å². The minimum Gasteiger partial charge on any atom is -0.316 e. The summed E-state index contributed by atoms with van der Waals surface area (Å²) in [4.78, 5) is 0. The average Bonchev–Trinajstić information content (AvgIpc) is 1.98. The Labute approximate surface area is 96.0 Å². The zero-order chi connectivity index (χ0) is 11.5. The summed E-state index contributed by atoms with van der Waals surface area (Å²) >= 11 is 0. The maximum absolute atomic E-state index is 3.58. The third-order valence-electron chi connectivity index (χ3n) is 3.50. The van der Waals surface area contributed by atoms with Gasteiger partial charge in [0, 0.05) is 0 Å². The zero-order valence-electron chi connectivity index (χ0n) is 11.3. The van der Waals surface area contributed by atoms with E-state index in [1.807, 2.05) is 0 Å². The van der Waals surface area contributed by atoms with E-state index in [2.05, 4.69) is 39.9 Å². The lowest BCUT2D eigenvalue weighted by Crippen LogP contribution is -2.38. The summed E-state index contributed by atoms with van der Waals surface area (Å²) in [6.45, 7) is 14.4. The lowest BCUT2D eigenvalue weighted by molar-refractivity contribution is 0.0675. The van der Waals surface area contributed by atoms with Crippen molar-refractivity contribution in [3.8, 4) is 0 Å². The molecule has 0 aromatic rings. The molecule has 1 N–H and O–H groups in total. The molecule has 0 aromatic heterocycles. The molecule has 0 amide bonds. The van der Waals surface area contributed by atoms with E-state index in [-0.39, 0.29) is 0 Å². The van der Waals surface area contributed by atoms with E-state index < -0.39 is 0 Å². The molecule has 15 heavy (non-hydrogen) atoms. The molecule has 90 valence electrons. The standard InChI is InChI=1S/C14H29N/c1-6-7-15-10-12-8-13(2,3)11-14(4,5)9-12/h12,15H,6-11H2,1-5H3. The summed E-state index contributed by atoms with van der Waals surface area (Å²) < 4.78 is 0. The second-order valence-electron chi connectivity index (χ2n) is 6.98. The van der Waals surface area contributed by atoms with Gasteiger partial charge in [0.25, 0.3) is 0 Å². The van der Waals surface area contributed by atoms with Crippen LogP contribution in [0.2, 0.25) is 0 Å². The molecule has 0 saturated heterocycles. The summed E-state index contributed by atoms with van der Waals surface area (Å²) in [6.07, 6.45) is 5.42. The van der Waals surface area contributed by atoms with Crippen molar-refractivity contribution in [3.63, 3.8) is 0 Å². The summed E-state index contributed by atoms with van der Waals surface area (Å²) in [5.74, 6) is 0.885. The highest BCUT2D eigenvalue weighted by atomic mass is 14.9. The maximum atomic E-state index is 3.58. The molecule has 0 heterocycles. The van der Waals surface area contributed by atoms with Crippen LogP contribution in [-0.2, 0) is 0 Å². The van der Waals surface area contributed by atoms with Gasteiger partial charge in [-0.15, -0.1) is 0 Å². The SMILES string of the molecule is CCCNCC1CC(C)(C)CC(C)(C)C1. The van der Waals surface area contributed by atoms with Crippen molar-refractivity contribution >= 4 is 0 Å². The lowest BCUT2D eigenvalue weighted by atomic mass is 9.61.